The normalized spacial score (nSPS) is 13.6. The van der Waals surface area contributed by atoms with Crippen molar-refractivity contribution in [2.24, 2.45) is 11.7 Å². The summed E-state index contributed by atoms with van der Waals surface area (Å²) < 4.78 is 0. The van der Waals surface area contributed by atoms with E-state index in [1.54, 1.807) is 6.07 Å². The number of nitrogens with two attached hydrogens (primary N) is 1. The average molecular weight is 284 g/mol. The van der Waals surface area contributed by atoms with Crippen LogP contribution >= 0.6 is 0 Å². The van der Waals surface area contributed by atoms with Crippen LogP contribution in [-0.2, 0) is 4.79 Å². The Hall–Kier alpha value is -2.36. The van der Waals surface area contributed by atoms with Gasteiger partial charge in [0.15, 0.2) is 0 Å². The fraction of sp³-hybridized carbons (Fsp3) is 0.294. The van der Waals surface area contributed by atoms with E-state index in [1.165, 1.54) is 0 Å². The van der Waals surface area contributed by atoms with Crippen LogP contribution in [0.25, 0.3) is 10.8 Å². The quantitative estimate of drug-likeness (QED) is 0.885. The molecule has 0 aromatic heterocycles. The van der Waals surface area contributed by atoms with E-state index >= 15 is 0 Å². The minimum Gasteiger partial charge on any atom is -0.368 e. The number of amides is 2. The molecule has 4 nitrogen and oxygen atoms in total. The first-order valence-corrected chi connectivity index (χ1v) is 7.12. The summed E-state index contributed by atoms with van der Waals surface area (Å²) in [5.74, 6) is -0.768. The summed E-state index contributed by atoms with van der Waals surface area (Å²) >= 11 is 0. The van der Waals surface area contributed by atoms with Crippen molar-refractivity contribution in [3.63, 3.8) is 0 Å². The van der Waals surface area contributed by atoms with Crippen molar-refractivity contribution in [3.8, 4) is 0 Å². The Morgan fingerprint density at radius 3 is 2.43 bits per heavy atom. The van der Waals surface area contributed by atoms with Crippen LogP contribution < -0.4 is 11.1 Å². The summed E-state index contributed by atoms with van der Waals surface area (Å²) in [6, 6.07) is 12.6. The fourth-order valence-corrected chi connectivity index (χ4v) is 2.28. The van der Waals surface area contributed by atoms with Crippen molar-refractivity contribution < 1.29 is 9.59 Å². The van der Waals surface area contributed by atoms with Crippen LogP contribution in [-0.4, -0.2) is 17.9 Å². The van der Waals surface area contributed by atoms with Crippen LogP contribution in [0.5, 0.6) is 0 Å². The molecule has 0 aliphatic heterocycles. The maximum atomic E-state index is 12.3. The first-order chi connectivity index (χ1) is 10.0. The molecule has 0 spiro atoms. The van der Waals surface area contributed by atoms with E-state index < -0.39 is 11.9 Å². The number of carbonyl (C=O) groups is 2. The zero-order chi connectivity index (χ0) is 15.4. The molecule has 0 heterocycles. The molecule has 0 saturated carbocycles. The highest BCUT2D eigenvalue weighted by molar-refractivity contribution is 6.00. The van der Waals surface area contributed by atoms with Crippen molar-refractivity contribution in [2.45, 2.75) is 26.3 Å². The molecule has 4 heteroatoms. The highest BCUT2D eigenvalue weighted by atomic mass is 16.2. The first-order valence-electron chi connectivity index (χ1n) is 7.12. The fourth-order valence-electron chi connectivity index (χ4n) is 2.28. The Balaban J connectivity index is 2.23. The minimum absolute atomic E-state index is 0.00639. The lowest BCUT2D eigenvalue weighted by Gasteiger charge is -2.21. The molecule has 21 heavy (non-hydrogen) atoms. The first kappa shape index (κ1) is 15.0. The van der Waals surface area contributed by atoms with Gasteiger partial charge >= 0.3 is 0 Å². The summed E-state index contributed by atoms with van der Waals surface area (Å²) in [7, 11) is 0. The zero-order valence-electron chi connectivity index (χ0n) is 12.3. The topological polar surface area (TPSA) is 72.2 Å². The summed E-state index contributed by atoms with van der Waals surface area (Å²) in [4.78, 5) is 23.8. The molecule has 2 amide bonds. The highest BCUT2D eigenvalue weighted by Gasteiger charge is 2.24. The van der Waals surface area contributed by atoms with E-state index in [0.717, 1.165) is 17.2 Å². The lowest BCUT2D eigenvalue weighted by atomic mass is 9.98. The number of hydrogen-bond donors (Lipinski definition) is 2. The van der Waals surface area contributed by atoms with Gasteiger partial charge in [-0.25, -0.2) is 0 Å². The van der Waals surface area contributed by atoms with E-state index in [-0.39, 0.29) is 11.8 Å². The van der Waals surface area contributed by atoms with Crippen LogP contribution in [0.3, 0.4) is 0 Å². The van der Waals surface area contributed by atoms with Crippen molar-refractivity contribution in [1.29, 1.82) is 0 Å². The van der Waals surface area contributed by atoms with Gasteiger partial charge in [0.2, 0.25) is 5.91 Å². The standard InChI is InChI=1S/C17H20N2O2/c1-3-11(2)15(16(18)20)19-17(21)14-9-8-12-6-4-5-7-13(12)10-14/h4-11,15H,3H2,1-2H3,(H2,18,20)(H,19,21)/t11-,15-/m1/s1. The molecule has 2 atom stereocenters. The van der Waals surface area contributed by atoms with Gasteiger partial charge in [-0.2, -0.15) is 0 Å². The van der Waals surface area contributed by atoms with Crippen LogP contribution in [0.1, 0.15) is 30.6 Å². The molecule has 3 N–H and O–H groups in total. The molecule has 0 bridgehead atoms. The number of fused-ring (bicyclic) bond motifs is 1. The number of benzene rings is 2. The van der Waals surface area contributed by atoms with Gasteiger partial charge in [0, 0.05) is 5.56 Å². The third kappa shape index (κ3) is 3.40. The number of rotatable bonds is 5. The van der Waals surface area contributed by atoms with Gasteiger partial charge in [-0.15, -0.1) is 0 Å². The Kier molecular flexibility index (Phi) is 4.58. The zero-order valence-corrected chi connectivity index (χ0v) is 12.3. The van der Waals surface area contributed by atoms with Crippen LogP contribution in [0, 0.1) is 5.92 Å². The number of nitrogens with one attached hydrogen (secondary N) is 1. The second-order valence-electron chi connectivity index (χ2n) is 5.30. The SMILES string of the molecule is CC[C@@H](C)[C@@H](NC(=O)c1ccc2ccccc2c1)C(N)=O. The maximum absolute atomic E-state index is 12.3. The Morgan fingerprint density at radius 1 is 1.14 bits per heavy atom. The lowest BCUT2D eigenvalue weighted by Crippen LogP contribution is -2.48. The molecule has 0 saturated heterocycles. The number of hydrogen-bond acceptors (Lipinski definition) is 2. The monoisotopic (exact) mass is 284 g/mol. The molecule has 0 aliphatic rings. The van der Waals surface area contributed by atoms with Gasteiger partial charge in [0.05, 0.1) is 0 Å². The molecule has 2 aromatic carbocycles. The highest BCUT2D eigenvalue weighted by Crippen LogP contribution is 2.16. The molecule has 0 aliphatic carbocycles. The van der Waals surface area contributed by atoms with Crippen LogP contribution in [0.4, 0.5) is 0 Å². The predicted molar refractivity (Wildman–Crippen MR) is 83.9 cm³/mol. The molecule has 0 radical (unpaired) electrons. The molecule has 0 unspecified atom stereocenters. The van der Waals surface area contributed by atoms with Crippen molar-refractivity contribution in [1.82, 2.24) is 5.32 Å². The van der Waals surface area contributed by atoms with E-state index in [9.17, 15) is 9.59 Å². The minimum atomic E-state index is -0.644. The molecule has 2 rings (SSSR count). The van der Waals surface area contributed by atoms with E-state index in [4.69, 9.17) is 5.73 Å². The van der Waals surface area contributed by atoms with Gasteiger partial charge in [-0.1, -0.05) is 50.6 Å². The predicted octanol–water partition coefficient (Wildman–Crippen LogP) is 2.47. The largest absolute Gasteiger partial charge is 0.368 e. The van der Waals surface area contributed by atoms with Gasteiger partial charge in [-0.3, -0.25) is 9.59 Å². The third-order valence-electron chi connectivity index (χ3n) is 3.82. The van der Waals surface area contributed by atoms with Crippen LogP contribution in [0.2, 0.25) is 0 Å². The van der Waals surface area contributed by atoms with Gasteiger partial charge in [0.1, 0.15) is 6.04 Å². The summed E-state index contributed by atoms with van der Waals surface area (Å²) in [5, 5.41) is 4.80. The smallest absolute Gasteiger partial charge is 0.251 e. The second kappa shape index (κ2) is 6.39. The van der Waals surface area contributed by atoms with Gasteiger partial charge < -0.3 is 11.1 Å². The summed E-state index contributed by atoms with van der Waals surface area (Å²) in [6.45, 7) is 3.86. The summed E-state index contributed by atoms with van der Waals surface area (Å²) in [5.41, 5.74) is 5.91. The van der Waals surface area contributed by atoms with Gasteiger partial charge in [-0.05, 0) is 28.8 Å². The van der Waals surface area contributed by atoms with Crippen molar-refractivity contribution >= 4 is 22.6 Å². The third-order valence-corrected chi connectivity index (χ3v) is 3.82. The van der Waals surface area contributed by atoms with Crippen LogP contribution in [0.15, 0.2) is 42.5 Å². The lowest BCUT2D eigenvalue weighted by molar-refractivity contribution is -0.120. The Labute approximate surface area is 124 Å². The maximum Gasteiger partial charge on any atom is 0.251 e. The Bertz CT molecular complexity index is 667. The summed E-state index contributed by atoms with van der Waals surface area (Å²) in [6.07, 6.45) is 0.769. The van der Waals surface area contributed by atoms with Gasteiger partial charge in [0.25, 0.3) is 5.91 Å². The van der Waals surface area contributed by atoms with Crippen molar-refractivity contribution in [2.75, 3.05) is 0 Å². The Morgan fingerprint density at radius 2 is 1.81 bits per heavy atom. The molecular weight excluding hydrogens is 264 g/mol. The molecular formula is C17H20N2O2. The van der Waals surface area contributed by atoms with E-state index in [1.807, 2.05) is 50.2 Å². The molecule has 0 fully saturated rings. The second-order valence-corrected chi connectivity index (χ2v) is 5.30. The number of carbonyl (C=O) groups excluding carboxylic acids is 2. The number of primary amides is 1. The van der Waals surface area contributed by atoms with Crippen molar-refractivity contribution in [3.05, 3.63) is 48.0 Å². The van der Waals surface area contributed by atoms with E-state index in [2.05, 4.69) is 5.32 Å². The molecule has 2 aromatic rings. The van der Waals surface area contributed by atoms with E-state index in [0.29, 0.717) is 5.56 Å². The average Bonchev–Trinajstić information content (AvgIpc) is 2.50. The molecule has 110 valence electrons.